The molecule has 0 atom stereocenters. The van der Waals surface area contributed by atoms with Crippen LogP contribution < -0.4 is 9.47 Å². The summed E-state index contributed by atoms with van der Waals surface area (Å²) in [4.78, 5) is 4.39. The number of aromatic hydroxyl groups is 2. The third-order valence-electron chi connectivity index (χ3n) is 5.57. The Morgan fingerprint density at radius 2 is 1.85 bits per heavy atom. The average molecular weight is 477 g/mol. The van der Waals surface area contributed by atoms with Gasteiger partial charge in [-0.3, -0.25) is 9.55 Å². The second kappa shape index (κ2) is 9.26. The standard InChI is InChI=1S/C25H24N4O4S/c1-15(2)18-12-19(21(31)13-20(18)30)24-27-28-25(34-10-8-16-5-3-4-9-26-16)29(24)17-6-7-22-23(11-17)33-14-32-22/h3-7,9,11-13,15,30-31H,8,10,14H2,1-2H3. The zero-order chi connectivity index (χ0) is 23.7. The van der Waals surface area contributed by atoms with Crippen LogP contribution in [0.15, 0.2) is 59.9 Å². The topological polar surface area (TPSA) is 103 Å². The molecule has 4 aromatic rings. The molecule has 0 radical (unpaired) electrons. The number of phenols is 2. The van der Waals surface area contributed by atoms with Crippen LogP contribution >= 0.6 is 11.8 Å². The van der Waals surface area contributed by atoms with Gasteiger partial charge in [-0.05, 0) is 48.2 Å². The van der Waals surface area contributed by atoms with Gasteiger partial charge in [-0.25, -0.2) is 0 Å². The van der Waals surface area contributed by atoms with Crippen molar-refractivity contribution in [2.24, 2.45) is 0 Å². The minimum Gasteiger partial charge on any atom is -0.508 e. The molecule has 0 spiro atoms. The number of rotatable bonds is 7. The normalized spacial score (nSPS) is 12.4. The summed E-state index contributed by atoms with van der Waals surface area (Å²) in [6.07, 6.45) is 2.56. The molecular weight excluding hydrogens is 452 g/mol. The number of hydrogen-bond donors (Lipinski definition) is 2. The van der Waals surface area contributed by atoms with Gasteiger partial charge in [0, 0.05) is 29.8 Å². The van der Waals surface area contributed by atoms with Gasteiger partial charge in [0.2, 0.25) is 6.79 Å². The van der Waals surface area contributed by atoms with E-state index in [1.807, 2.05) is 54.8 Å². The number of ether oxygens (including phenoxy) is 2. The summed E-state index contributed by atoms with van der Waals surface area (Å²) < 4.78 is 12.9. The van der Waals surface area contributed by atoms with Crippen molar-refractivity contribution in [2.75, 3.05) is 12.5 Å². The molecule has 34 heavy (non-hydrogen) atoms. The van der Waals surface area contributed by atoms with E-state index in [0.29, 0.717) is 28.0 Å². The smallest absolute Gasteiger partial charge is 0.231 e. The lowest BCUT2D eigenvalue weighted by Gasteiger charge is -2.15. The van der Waals surface area contributed by atoms with Gasteiger partial charge < -0.3 is 19.7 Å². The lowest BCUT2D eigenvalue weighted by Crippen LogP contribution is -2.02. The number of benzene rings is 2. The number of aromatic nitrogens is 4. The first-order valence-corrected chi connectivity index (χ1v) is 11.9. The molecular formula is C25H24N4O4S. The van der Waals surface area contributed by atoms with Crippen LogP contribution in [0, 0.1) is 0 Å². The zero-order valence-electron chi connectivity index (χ0n) is 18.8. The fraction of sp³-hybridized carbons (Fsp3) is 0.240. The molecule has 0 bridgehead atoms. The molecule has 9 heteroatoms. The first-order chi connectivity index (χ1) is 16.5. The Hall–Kier alpha value is -3.72. The second-order valence-corrected chi connectivity index (χ2v) is 9.24. The SMILES string of the molecule is CC(C)c1cc(-c2nnc(SCCc3ccccn3)n2-c2ccc3c(c2)OCO3)c(O)cc1O. The predicted molar refractivity (Wildman–Crippen MR) is 129 cm³/mol. The van der Waals surface area contributed by atoms with Crippen molar-refractivity contribution in [3.8, 4) is 40.1 Å². The summed E-state index contributed by atoms with van der Waals surface area (Å²) in [5.41, 5.74) is 2.99. The molecule has 8 nitrogen and oxygen atoms in total. The van der Waals surface area contributed by atoms with E-state index in [-0.39, 0.29) is 24.2 Å². The molecule has 1 aliphatic rings. The van der Waals surface area contributed by atoms with E-state index >= 15 is 0 Å². The molecule has 0 amide bonds. The summed E-state index contributed by atoms with van der Waals surface area (Å²) >= 11 is 1.55. The Morgan fingerprint density at radius 3 is 2.65 bits per heavy atom. The Morgan fingerprint density at radius 1 is 1.00 bits per heavy atom. The highest BCUT2D eigenvalue weighted by molar-refractivity contribution is 7.99. The van der Waals surface area contributed by atoms with Crippen LogP contribution in [0.4, 0.5) is 0 Å². The number of nitrogens with zero attached hydrogens (tertiary/aromatic N) is 4. The average Bonchev–Trinajstić information content (AvgIpc) is 3.46. The molecule has 0 fully saturated rings. The lowest BCUT2D eigenvalue weighted by atomic mass is 9.98. The number of hydrogen-bond acceptors (Lipinski definition) is 8. The maximum absolute atomic E-state index is 10.7. The first kappa shape index (κ1) is 22.1. The summed E-state index contributed by atoms with van der Waals surface area (Å²) in [7, 11) is 0. The van der Waals surface area contributed by atoms with Crippen LogP contribution in [0.1, 0.15) is 31.0 Å². The van der Waals surface area contributed by atoms with Gasteiger partial charge in [-0.15, -0.1) is 10.2 Å². The minimum atomic E-state index is -0.0682. The number of thioether (sulfide) groups is 1. The highest BCUT2D eigenvalue weighted by Crippen LogP contribution is 2.40. The van der Waals surface area contributed by atoms with E-state index < -0.39 is 0 Å². The van der Waals surface area contributed by atoms with E-state index in [1.54, 1.807) is 24.0 Å². The van der Waals surface area contributed by atoms with Gasteiger partial charge in [0.15, 0.2) is 22.5 Å². The highest BCUT2D eigenvalue weighted by atomic mass is 32.2. The number of aryl methyl sites for hydroxylation is 1. The number of phenolic OH excluding ortho intramolecular Hbond substituents is 2. The van der Waals surface area contributed by atoms with Crippen molar-refractivity contribution in [1.29, 1.82) is 0 Å². The number of fused-ring (bicyclic) bond motifs is 1. The van der Waals surface area contributed by atoms with Crippen LogP contribution in [0.2, 0.25) is 0 Å². The fourth-order valence-corrected chi connectivity index (χ4v) is 4.74. The molecule has 0 saturated carbocycles. The maximum Gasteiger partial charge on any atom is 0.231 e. The molecule has 1 aliphatic heterocycles. The molecule has 0 saturated heterocycles. The van der Waals surface area contributed by atoms with Gasteiger partial charge in [0.25, 0.3) is 0 Å². The molecule has 2 aromatic heterocycles. The van der Waals surface area contributed by atoms with E-state index in [9.17, 15) is 10.2 Å². The van der Waals surface area contributed by atoms with Crippen LogP contribution in [-0.4, -0.2) is 42.5 Å². The summed E-state index contributed by atoms with van der Waals surface area (Å²) in [5, 5.41) is 30.6. The molecule has 174 valence electrons. The molecule has 0 aliphatic carbocycles. The van der Waals surface area contributed by atoms with Crippen LogP contribution in [0.5, 0.6) is 23.0 Å². The van der Waals surface area contributed by atoms with Crippen LogP contribution in [0.25, 0.3) is 17.1 Å². The van der Waals surface area contributed by atoms with Gasteiger partial charge in [0.05, 0.1) is 11.3 Å². The lowest BCUT2D eigenvalue weighted by molar-refractivity contribution is 0.174. The third kappa shape index (κ3) is 4.26. The molecule has 5 rings (SSSR count). The van der Waals surface area contributed by atoms with Crippen molar-refractivity contribution in [3.63, 3.8) is 0 Å². The fourth-order valence-electron chi connectivity index (χ4n) is 3.82. The van der Waals surface area contributed by atoms with E-state index in [2.05, 4.69) is 15.2 Å². The Kier molecular flexibility index (Phi) is 6.02. The van der Waals surface area contributed by atoms with E-state index in [4.69, 9.17) is 9.47 Å². The van der Waals surface area contributed by atoms with Crippen molar-refractivity contribution in [3.05, 3.63) is 66.0 Å². The van der Waals surface area contributed by atoms with Crippen LogP contribution in [-0.2, 0) is 6.42 Å². The Labute approximate surface area is 201 Å². The van der Waals surface area contributed by atoms with Crippen molar-refractivity contribution in [2.45, 2.75) is 31.3 Å². The third-order valence-corrected chi connectivity index (χ3v) is 6.50. The van der Waals surface area contributed by atoms with Crippen molar-refractivity contribution < 1.29 is 19.7 Å². The number of pyridine rings is 1. The Bertz CT molecular complexity index is 1320. The zero-order valence-corrected chi connectivity index (χ0v) is 19.6. The van der Waals surface area contributed by atoms with Gasteiger partial charge >= 0.3 is 0 Å². The quantitative estimate of drug-likeness (QED) is 0.362. The first-order valence-electron chi connectivity index (χ1n) is 11.0. The summed E-state index contributed by atoms with van der Waals surface area (Å²) in [5.74, 6) is 2.58. The van der Waals surface area contributed by atoms with Crippen molar-refractivity contribution >= 4 is 11.8 Å². The summed E-state index contributed by atoms with van der Waals surface area (Å²) in [6.45, 7) is 4.14. The summed E-state index contributed by atoms with van der Waals surface area (Å²) in [6, 6.07) is 14.6. The second-order valence-electron chi connectivity index (χ2n) is 8.18. The highest BCUT2D eigenvalue weighted by Gasteiger charge is 2.23. The van der Waals surface area contributed by atoms with Gasteiger partial charge in [-0.2, -0.15) is 0 Å². The van der Waals surface area contributed by atoms with Gasteiger partial charge in [0.1, 0.15) is 11.5 Å². The van der Waals surface area contributed by atoms with E-state index in [0.717, 1.165) is 29.1 Å². The molecule has 2 N–H and O–H groups in total. The van der Waals surface area contributed by atoms with Crippen molar-refractivity contribution in [1.82, 2.24) is 19.7 Å². The monoisotopic (exact) mass is 476 g/mol. The predicted octanol–water partition coefficient (Wildman–Crippen LogP) is 4.93. The Balaban J connectivity index is 1.56. The molecule has 3 heterocycles. The minimum absolute atomic E-state index is 0.0513. The molecule has 2 aromatic carbocycles. The van der Waals surface area contributed by atoms with E-state index in [1.165, 1.54) is 6.07 Å². The van der Waals surface area contributed by atoms with Crippen LogP contribution in [0.3, 0.4) is 0 Å². The molecule has 0 unspecified atom stereocenters. The maximum atomic E-state index is 10.7. The largest absolute Gasteiger partial charge is 0.508 e. The van der Waals surface area contributed by atoms with Gasteiger partial charge in [-0.1, -0.05) is 31.7 Å².